The van der Waals surface area contributed by atoms with E-state index in [1.807, 2.05) is 11.9 Å². The van der Waals surface area contributed by atoms with Gasteiger partial charge in [0, 0.05) is 12.7 Å². The summed E-state index contributed by atoms with van der Waals surface area (Å²) < 4.78 is 5.40. The molecule has 17 heavy (non-hydrogen) atoms. The lowest BCUT2D eigenvalue weighted by atomic mass is 10.1. The van der Waals surface area contributed by atoms with Crippen molar-refractivity contribution >= 4 is 23.3 Å². The maximum Gasteiger partial charge on any atom is 0.322 e. The average Bonchev–Trinajstić information content (AvgIpc) is 2.75. The smallest absolute Gasteiger partial charge is 0.322 e. The Morgan fingerprint density at radius 2 is 1.82 bits per heavy atom. The van der Waals surface area contributed by atoms with E-state index in [0.29, 0.717) is 11.9 Å². The van der Waals surface area contributed by atoms with Crippen LogP contribution >= 0.6 is 11.6 Å². The van der Waals surface area contributed by atoms with Gasteiger partial charge in [-0.25, -0.2) is 0 Å². The molecule has 0 spiro atoms. The van der Waals surface area contributed by atoms with Crippen LogP contribution in [0.3, 0.4) is 0 Å². The van der Waals surface area contributed by atoms with Gasteiger partial charge in [-0.3, -0.25) is 4.90 Å². The number of nitrogens with zero attached hydrogens (tertiary/aromatic N) is 3. The summed E-state index contributed by atoms with van der Waals surface area (Å²) in [6.45, 7) is 4.12. The van der Waals surface area contributed by atoms with Crippen LogP contribution in [0, 0.1) is 13.8 Å². The molecular weight excluding hydrogens is 238 g/mol. The first-order valence-electron chi connectivity index (χ1n) is 5.30. The number of halogens is 1. The van der Waals surface area contributed by atoms with Gasteiger partial charge in [0.05, 0.1) is 0 Å². The molecule has 0 aliphatic rings. The van der Waals surface area contributed by atoms with Gasteiger partial charge in [-0.05, 0) is 37.1 Å². The van der Waals surface area contributed by atoms with Crippen molar-refractivity contribution in [2.24, 2.45) is 0 Å². The Balaban J connectivity index is 2.32. The standard InChI is InChI=1S/C12H14ClN3O/c1-8-4-9(2)6-10(5-8)16(3)12-15-14-11(7-13)17-12/h4-6H,7H2,1-3H3. The number of aromatic nitrogens is 2. The number of hydrogen-bond donors (Lipinski definition) is 0. The van der Waals surface area contributed by atoms with Crippen molar-refractivity contribution in [3.63, 3.8) is 0 Å². The van der Waals surface area contributed by atoms with Gasteiger partial charge in [-0.15, -0.1) is 16.7 Å². The quantitative estimate of drug-likeness (QED) is 0.786. The first-order valence-corrected chi connectivity index (χ1v) is 5.84. The molecule has 4 nitrogen and oxygen atoms in total. The molecule has 0 saturated heterocycles. The fourth-order valence-corrected chi connectivity index (χ4v) is 1.80. The number of hydrogen-bond acceptors (Lipinski definition) is 4. The molecule has 1 heterocycles. The Labute approximate surface area is 105 Å². The van der Waals surface area contributed by atoms with Crippen molar-refractivity contribution in [3.8, 4) is 0 Å². The predicted octanol–water partition coefficient (Wildman–Crippen LogP) is 3.19. The maximum absolute atomic E-state index is 5.63. The lowest BCUT2D eigenvalue weighted by Gasteiger charge is -2.15. The lowest BCUT2D eigenvalue weighted by Crippen LogP contribution is -2.10. The number of aryl methyl sites for hydroxylation is 2. The van der Waals surface area contributed by atoms with E-state index in [4.69, 9.17) is 16.0 Å². The van der Waals surface area contributed by atoms with Gasteiger partial charge in [0.2, 0.25) is 5.89 Å². The van der Waals surface area contributed by atoms with E-state index < -0.39 is 0 Å². The molecule has 2 rings (SSSR count). The molecule has 0 radical (unpaired) electrons. The van der Waals surface area contributed by atoms with Crippen LogP contribution in [-0.2, 0) is 5.88 Å². The van der Waals surface area contributed by atoms with Gasteiger partial charge < -0.3 is 4.42 Å². The Hall–Kier alpha value is -1.55. The van der Waals surface area contributed by atoms with Crippen molar-refractivity contribution in [1.82, 2.24) is 10.2 Å². The van der Waals surface area contributed by atoms with Crippen molar-refractivity contribution in [2.45, 2.75) is 19.7 Å². The fraction of sp³-hybridized carbons (Fsp3) is 0.333. The van der Waals surface area contributed by atoms with Crippen LogP contribution in [0.4, 0.5) is 11.7 Å². The van der Waals surface area contributed by atoms with Gasteiger partial charge in [0.15, 0.2) is 0 Å². The van der Waals surface area contributed by atoms with E-state index in [-0.39, 0.29) is 5.88 Å². The predicted molar refractivity (Wildman–Crippen MR) is 67.8 cm³/mol. The monoisotopic (exact) mass is 251 g/mol. The fourth-order valence-electron chi connectivity index (χ4n) is 1.69. The molecule has 2 aromatic rings. The first kappa shape index (κ1) is 11.9. The van der Waals surface area contributed by atoms with Gasteiger partial charge in [0.25, 0.3) is 0 Å². The molecule has 0 bridgehead atoms. The maximum atomic E-state index is 5.63. The third-order valence-corrected chi connectivity index (χ3v) is 2.68. The zero-order chi connectivity index (χ0) is 12.4. The second-order valence-electron chi connectivity index (χ2n) is 4.02. The molecule has 5 heteroatoms. The summed E-state index contributed by atoms with van der Waals surface area (Å²) in [6, 6.07) is 6.70. The van der Waals surface area contributed by atoms with Crippen molar-refractivity contribution < 1.29 is 4.42 Å². The largest absolute Gasteiger partial charge is 0.406 e. The van der Waals surface area contributed by atoms with Crippen LogP contribution in [0.25, 0.3) is 0 Å². The Bertz CT molecular complexity index is 504. The normalized spacial score (nSPS) is 10.6. The Morgan fingerprint density at radius 3 is 2.35 bits per heavy atom. The summed E-state index contributed by atoms with van der Waals surface area (Å²) >= 11 is 5.63. The molecule has 1 aromatic heterocycles. The highest BCUT2D eigenvalue weighted by molar-refractivity contribution is 6.16. The Kier molecular flexibility index (Phi) is 3.33. The zero-order valence-electron chi connectivity index (χ0n) is 10.1. The summed E-state index contributed by atoms with van der Waals surface area (Å²) in [5, 5.41) is 7.78. The lowest BCUT2D eigenvalue weighted by molar-refractivity contribution is 0.518. The van der Waals surface area contributed by atoms with Gasteiger partial charge in [-0.2, -0.15) is 0 Å². The second kappa shape index (κ2) is 4.75. The number of benzene rings is 1. The summed E-state index contributed by atoms with van der Waals surface area (Å²) in [7, 11) is 1.89. The molecule has 0 fully saturated rings. The minimum Gasteiger partial charge on any atom is -0.406 e. The van der Waals surface area contributed by atoms with E-state index in [2.05, 4.69) is 42.2 Å². The molecule has 0 aliphatic heterocycles. The van der Waals surface area contributed by atoms with Crippen LogP contribution in [0.5, 0.6) is 0 Å². The number of rotatable bonds is 3. The van der Waals surface area contributed by atoms with E-state index in [1.165, 1.54) is 11.1 Å². The van der Waals surface area contributed by atoms with Gasteiger partial charge in [0.1, 0.15) is 5.88 Å². The van der Waals surface area contributed by atoms with Crippen LogP contribution in [-0.4, -0.2) is 17.2 Å². The molecular formula is C12H14ClN3O. The minimum absolute atomic E-state index is 0.230. The average molecular weight is 252 g/mol. The zero-order valence-corrected chi connectivity index (χ0v) is 10.8. The summed E-state index contributed by atoms with van der Waals surface area (Å²) in [6.07, 6.45) is 0. The van der Waals surface area contributed by atoms with E-state index in [9.17, 15) is 0 Å². The summed E-state index contributed by atoms with van der Waals surface area (Å²) in [5.74, 6) is 0.658. The topological polar surface area (TPSA) is 42.2 Å². The number of alkyl halides is 1. The van der Waals surface area contributed by atoms with E-state index in [1.54, 1.807) is 0 Å². The van der Waals surface area contributed by atoms with Gasteiger partial charge >= 0.3 is 6.01 Å². The molecule has 0 unspecified atom stereocenters. The number of anilines is 2. The van der Waals surface area contributed by atoms with Crippen LogP contribution in [0.15, 0.2) is 22.6 Å². The second-order valence-corrected chi connectivity index (χ2v) is 4.28. The molecule has 0 N–H and O–H groups in total. The molecule has 90 valence electrons. The summed E-state index contributed by atoms with van der Waals surface area (Å²) in [5.41, 5.74) is 3.42. The molecule has 0 atom stereocenters. The Morgan fingerprint density at radius 1 is 1.18 bits per heavy atom. The van der Waals surface area contributed by atoms with Gasteiger partial charge in [-0.1, -0.05) is 11.2 Å². The summed E-state index contributed by atoms with van der Waals surface area (Å²) in [4.78, 5) is 1.85. The van der Waals surface area contributed by atoms with E-state index >= 15 is 0 Å². The highest BCUT2D eigenvalue weighted by Gasteiger charge is 2.12. The van der Waals surface area contributed by atoms with Crippen molar-refractivity contribution in [3.05, 3.63) is 35.2 Å². The van der Waals surface area contributed by atoms with Crippen LogP contribution < -0.4 is 4.90 Å². The third-order valence-electron chi connectivity index (χ3n) is 2.45. The molecule has 1 aromatic carbocycles. The van der Waals surface area contributed by atoms with E-state index in [0.717, 1.165) is 5.69 Å². The molecule has 0 amide bonds. The van der Waals surface area contributed by atoms with Crippen molar-refractivity contribution in [2.75, 3.05) is 11.9 Å². The van der Waals surface area contributed by atoms with Crippen LogP contribution in [0.2, 0.25) is 0 Å². The molecule has 0 saturated carbocycles. The highest BCUT2D eigenvalue weighted by atomic mass is 35.5. The van der Waals surface area contributed by atoms with Crippen LogP contribution in [0.1, 0.15) is 17.0 Å². The highest BCUT2D eigenvalue weighted by Crippen LogP contribution is 2.24. The first-order chi connectivity index (χ1) is 8.10. The SMILES string of the molecule is Cc1cc(C)cc(N(C)c2nnc(CCl)o2)c1. The van der Waals surface area contributed by atoms with Crippen molar-refractivity contribution in [1.29, 1.82) is 0 Å². The third kappa shape index (κ3) is 2.58. The minimum atomic E-state index is 0.230. The molecule has 0 aliphatic carbocycles.